The lowest BCUT2D eigenvalue weighted by Crippen LogP contribution is -1.95. The Balaban J connectivity index is 2.92. The Labute approximate surface area is 71.5 Å². The zero-order valence-corrected chi connectivity index (χ0v) is 7.07. The molecule has 0 fully saturated rings. The Kier molecular flexibility index (Phi) is 2.78. The topological polar surface area (TPSA) is 46.0 Å². The van der Waals surface area contributed by atoms with Crippen LogP contribution in [0.3, 0.4) is 0 Å². The van der Waals surface area contributed by atoms with Crippen LogP contribution in [0.15, 0.2) is 12.4 Å². The number of rotatable bonds is 0. The van der Waals surface area contributed by atoms with E-state index in [-0.39, 0.29) is 0 Å². The fourth-order valence-corrected chi connectivity index (χ4v) is 0.703. The van der Waals surface area contributed by atoms with E-state index < -0.39 is 6.10 Å². The van der Waals surface area contributed by atoms with Crippen LogP contribution in [-0.2, 0) is 0 Å². The predicted molar refractivity (Wildman–Crippen MR) is 45.3 cm³/mol. The van der Waals surface area contributed by atoms with Crippen LogP contribution in [-0.4, -0.2) is 21.2 Å². The molecular formula is C9H10N2O. The molecule has 1 aromatic rings. The van der Waals surface area contributed by atoms with Gasteiger partial charge in [0.05, 0.1) is 5.69 Å². The maximum atomic E-state index is 8.88. The van der Waals surface area contributed by atoms with Gasteiger partial charge >= 0.3 is 0 Å². The number of hydrogen-bond acceptors (Lipinski definition) is 3. The molecule has 1 heterocycles. The molecule has 62 valence electrons. The van der Waals surface area contributed by atoms with Gasteiger partial charge in [0, 0.05) is 12.4 Å². The Hall–Kier alpha value is -1.40. The van der Waals surface area contributed by atoms with Crippen molar-refractivity contribution in [3.63, 3.8) is 0 Å². The van der Waals surface area contributed by atoms with Gasteiger partial charge in [-0.2, -0.15) is 0 Å². The van der Waals surface area contributed by atoms with Crippen LogP contribution in [0.4, 0.5) is 0 Å². The Morgan fingerprint density at radius 2 is 2.08 bits per heavy atom. The molecule has 1 aromatic heterocycles. The van der Waals surface area contributed by atoms with Crippen molar-refractivity contribution in [3.05, 3.63) is 23.8 Å². The van der Waals surface area contributed by atoms with Crippen LogP contribution in [0.1, 0.15) is 18.3 Å². The minimum absolute atomic E-state index is 0.619. The summed E-state index contributed by atoms with van der Waals surface area (Å²) in [5.74, 6) is 5.34. The first-order valence-electron chi connectivity index (χ1n) is 3.67. The van der Waals surface area contributed by atoms with Gasteiger partial charge in [0.1, 0.15) is 11.8 Å². The monoisotopic (exact) mass is 162 g/mol. The minimum atomic E-state index is -0.619. The van der Waals surface area contributed by atoms with E-state index >= 15 is 0 Å². The molecule has 0 aromatic carbocycles. The van der Waals surface area contributed by atoms with Crippen molar-refractivity contribution in [1.29, 1.82) is 0 Å². The number of nitrogens with zero attached hydrogens (tertiary/aromatic N) is 2. The summed E-state index contributed by atoms with van der Waals surface area (Å²) in [5, 5.41) is 8.88. The van der Waals surface area contributed by atoms with Crippen LogP contribution >= 0.6 is 0 Å². The summed E-state index contributed by atoms with van der Waals surface area (Å²) in [6.07, 6.45) is 2.58. The van der Waals surface area contributed by atoms with E-state index in [0.29, 0.717) is 5.69 Å². The Morgan fingerprint density at radius 1 is 1.42 bits per heavy atom. The van der Waals surface area contributed by atoms with Crippen LogP contribution in [0, 0.1) is 18.8 Å². The third-order valence-electron chi connectivity index (χ3n) is 1.28. The molecule has 3 nitrogen and oxygen atoms in total. The number of aliphatic hydroxyl groups excluding tert-OH is 1. The average Bonchev–Trinajstić information content (AvgIpc) is 2.03. The Bertz CT molecular complexity index is 323. The van der Waals surface area contributed by atoms with Gasteiger partial charge in [-0.15, -0.1) is 0 Å². The maximum Gasteiger partial charge on any atom is 0.134 e. The largest absolute Gasteiger partial charge is 0.381 e. The highest BCUT2D eigenvalue weighted by Crippen LogP contribution is 1.95. The molecule has 1 atom stereocenters. The van der Waals surface area contributed by atoms with E-state index in [4.69, 9.17) is 5.11 Å². The molecule has 1 N–H and O–H groups in total. The van der Waals surface area contributed by atoms with Crippen molar-refractivity contribution in [2.45, 2.75) is 20.0 Å². The van der Waals surface area contributed by atoms with Crippen LogP contribution in [0.2, 0.25) is 0 Å². The van der Waals surface area contributed by atoms with E-state index in [0.717, 1.165) is 5.69 Å². The first kappa shape index (κ1) is 8.69. The lowest BCUT2D eigenvalue weighted by Gasteiger charge is -1.93. The summed E-state index contributed by atoms with van der Waals surface area (Å²) in [4.78, 5) is 8.01. The molecular weight excluding hydrogens is 152 g/mol. The Morgan fingerprint density at radius 3 is 2.67 bits per heavy atom. The van der Waals surface area contributed by atoms with Gasteiger partial charge in [0.2, 0.25) is 0 Å². The molecule has 0 radical (unpaired) electrons. The van der Waals surface area contributed by atoms with Crippen molar-refractivity contribution in [3.8, 4) is 11.8 Å². The zero-order valence-electron chi connectivity index (χ0n) is 7.07. The van der Waals surface area contributed by atoms with Gasteiger partial charge in [0.15, 0.2) is 0 Å². The molecule has 0 spiro atoms. The predicted octanol–water partition coefficient (Wildman–Crippen LogP) is 0.517. The summed E-state index contributed by atoms with van der Waals surface area (Å²) in [6, 6.07) is 0. The minimum Gasteiger partial charge on any atom is -0.381 e. The number of aromatic nitrogens is 2. The average molecular weight is 162 g/mol. The smallest absolute Gasteiger partial charge is 0.134 e. The molecule has 0 aliphatic carbocycles. The van der Waals surface area contributed by atoms with Crippen LogP contribution < -0.4 is 0 Å². The molecule has 3 heteroatoms. The van der Waals surface area contributed by atoms with E-state index in [2.05, 4.69) is 21.8 Å². The molecule has 0 unspecified atom stereocenters. The SMILES string of the molecule is Cc1nccnc1C#C[C@H](C)O. The quantitative estimate of drug-likeness (QED) is 0.565. The van der Waals surface area contributed by atoms with Crippen molar-refractivity contribution in [1.82, 2.24) is 9.97 Å². The molecule has 0 saturated carbocycles. The van der Waals surface area contributed by atoms with Crippen LogP contribution in [0.25, 0.3) is 0 Å². The van der Waals surface area contributed by atoms with Crippen LogP contribution in [0.5, 0.6) is 0 Å². The second-order valence-electron chi connectivity index (χ2n) is 2.44. The number of aliphatic hydroxyl groups is 1. The maximum absolute atomic E-state index is 8.88. The van der Waals surface area contributed by atoms with Crippen molar-refractivity contribution in [2.75, 3.05) is 0 Å². The molecule has 0 saturated heterocycles. The third-order valence-corrected chi connectivity index (χ3v) is 1.28. The fourth-order valence-electron chi connectivity index (χ4n) is 0.703. The van der Waals surface area contributed by atoms with Gasteiger partial charge < -0.3 is 5.11 Å². The van der Waals surface area contributed by atoms with Crippen molar-refractivity contribution >= 4 is 0 Å². The lowest BCUT2D eigenvalue weighted by atomic mass is 10.3. The van der Waals surface area contributed by atoms with Gasteiger partial charge in [-0.05, 0) is 19.8 Å². The fraction of sp³-hybridized carbons (Fsp3) is 0.333. The second kappa shape index (κ2) is 3.84. The molecule has 0 aliphatic heterocycles. The number of hydrogen-bond donors (Lipinski definition) is 1. The summed E-state index contributed by atoms with van der Waals surface area (Å²) in [5.41, 5.74) is 1.41. The third kappa shape index (κ3) is 2.33. The number of aryl methyl sites for hydroxylation is 1. The van der Waals surface area contributed by atoms with E-state index in [1.165, 1.54) is 0 Å². The summed E-state index contributed by atoms with van der Waals surface area (Å²) in [7, 11) is 0. The van der Waals surface area contributed by atoms with Crippen molar-refractivity contribution in [2.24, 2.45) is 0 Å². The summed E-state index contributed by atoms with van der Waals surface area (Å²) >= 11 is 0. The van der Waals surface area contributed by atoms with Gasteiger partial charge in [-0.25, -0.2) is 4.98 Å². The second-order valence-corrected chi connectivity index (χ2v) is 2.44. The summed E-state index contributed by atoms with van der Waals surface area (Å²) < 4.78 is 0. The zero-order chi connectivity index (χ0) is 8.97. The standard InChI is InChI=1S/C9H10N2O/c1-7(12)3-4-9-8(2)10-5-6-11-9/h5-7,12H,1-2H3/t7-/m0/s1. The highest BCUT2D eigenvalue weighted by Gasteiger charge is 1.93. The highest BCUT2D eigenvalue weighted by atomic mass is 16.3. The first-order valence-corrected chi connectivity index (χ1v) is 3.67. The van der Waals surface area contributed by atoms with Gasteiger partial charge in [0.25, 0.3) is 0 Å². The first-order chi connectivity index (χ1) is 5.70. The van der Waals surface area contributed by atoms with Gasteiger partial charge in [-0.3, -0.25) is 4.98 Å². The molecule has 12 heavy (non-hydrogen) atoms. The molecule has 0 amide bonds. The highest BCUT2D eigenvalue weighted by molar-refractivity contribution is 5.30. The lowest BCUT2D eigenvalue weighted by molar-refractivity contribution is 0.253. The normalized spacial score (nSPS) is 11.6. The molecule has 1 rings (SSSR count). The van der Waals surface area contributed by atoms with E-state index in [1.54, 1.807) is 19.3 Å². The van der Waals surface area contributed by atoms with E-state index in [9.17, 15) is 0 Å². The molecule has 0 aliphatic rings. The van der Waals surface area contributed by atoms with Gasteiger partial charge in [-0.1, -0.05) is 5.92 Å². The summed E-state index contributed by atoms with van der Waals surface area (Å²) in [6.45, 7) is 3.44. The molecule has 0 bridgehead atoms. The van der Waals surface area contributed by atoms with E-state index in [1.807, 2.05) is 6.92 Å². The van der Waals surface area contributed by atoms with Crippen molar-refractivity contribution < 1.29 is 5.11 Å².